The number of carboxylic acids is 1. The highest BCUT2D eigenvalue weighted by Crippen LogP contribution is 2.35. The van der Waals surface area contributed by atoms with E-state index in [1.165, 1.54) is 4.90 Å². The van der Waals surface area contributed by atoms with Gasteiger partial charge in [0.05, 0.1) is 6.04 Å². The van der Waals surface area contributed by atoms with Crippen molar-refractivity contribution in [1.29, 1.82) is 0 Å². The molecule has 1 saturated heterocycles. The van der Waals surface area contributed by atoms with Crippen LogP contribution in [0.1, 0.15) is 24.9 Å². The molecule has 7 heteroatoms. The molecule has 126 valence electrons. The van der Waals surface area contributed by atoms with Gasteiger partial charge < -0.3 is 16.2 Å². The Balaban J connectivity index is 1.72. The number of nitrogens with zero attached hydrogens (tertiary/aromatic N) is 1. The van der Waals surface area contributed by atoms with Crippen LogP contribution in [0.2, 0.25) is 0 Å². The van der Waals surface area contributed by atoms with Crippen LogP contribution in [-0.2, 0) is 14.4 Å². The quantitative estimate of drug-likeness (QED) is 0.692. The zero-order chi connectivity index (χ0) is 17.4. The molecule has 0 saturated carbocycles. The molecular formula is C17H19N3O4. The molecule has 0 aromatic heterocycles. The summed E-state index contributed by atoms with van der Waals surface area (Å²) in [5.41, 5.74) is 6.58. The molecule has 0 unspecified atom stereocenters. The highest BCUT2D eigenvalue weighted by atomic mass is 16.4. The van der Waals surface area contributed by atoms with Gasteiger partial charge in [-0.05, 0) is 17.9 Å². The topological polar surface area (TPSA) is 113 Å². The number of hydrogen-bond donors (Lipinski definition) is 3. The average Bonchev–Trinajstić information content (AvgIpc) is 2.58. The molecule has 1 aromatic carbocycles. The number of hydrogen-bond acceptors (Lipinski definition) is 4. The fraction of sp³-hybridized carbons (Fsp3) is 0.353. The Morgan fingerprint density at radius 2 is 2.00 bits per heavy atom. The molecule has 4 atom stereocenters. The van der Waals surface area contributed by atoms with E-state index in [1.807, 2.05) is 13.0 Å². The Morgan fingerprint density at radius 1 is 1.33 bits per heavy atom. The molecule has 2 aliphatic heterocycles. The molecule has 1 aromatic rings. The zero-order valence-corrected chi connectivity index (χ0v) is 13.2. The van der Waals surface area contributed by atoms with E-state index < -0.39 is 29.9 Å². The van der Waals surface area contributed by atoms with E-state index in [1.54, 1.807) is 30.3 Å². The zero-order valence-electron chi connectivity index (χ0n) is 13.2. The summed E-state index contributed by atoms with van der Waals surface area (Å²) in [6.45, 7) is 1.89. The van der Waals surface area contributed by atoms with Crippen molar-refractivity contribution in [2.24, 2.45) is 11.7 Å². The maximum Gasteiger partial charge on any atom is 0.352 e. The third-order valence-corrected chi connectivity index (χ3v) is 4.49. The maximum atomic E-state index is 12.3. The number of nitrogens with one attached hydrogen (secondary N) is 1. The predicted octanol–water partition coefficient (Wildman–Crippen LogP) is 0.390. The lowest BCUT2D eigenvalue weighted by Gasteiger charge is -2.50. The summed E-state index contributed by atoms with van der Waals surface area (Å²) in [7, 11) is 0. The van der Waals surface area contributed by atoms with Gasteiger partial charge >= 0.3 is 5.97 Å². The minimum atomic E-state index is -1.13. The molecule has 24 heavy (non-hydrogen) atoms. The lowest BCUT2D eigenvalue weighted by molar-refractivity contribution is -0.156. The van der Waals surface area contributed by atoms with Gasteiger partial charge in [-0.25, -0.2) is 4.79 Å². The number of amides is 2. The minimum absolute atomic E-state index is 0.0124. The Bertz CT molecular complexity index is 716. The average molecular weight is 329 g/mol. The first-order valence-electron chi connectivity index (χ1n) is 7.79. The Kier molecular flexibility index (Phi) is 4.11. The normalized spacial score (nSPS) is 26.8. The second-order valence-corrected chi connectivity index (χ2v) is 6.22. The first-order valence-corrected chi connectivity index (χ1v) is 7.79. The van der Waals surface area contributed by atoms with Crippen molar-refractivity contribution in [2.45, 2.75) is 31.5 Å². The largest absolute Gasteiger partial charge is 0.477 e. The monoisotopic (exact) mass is 329 g/mol. The van der Waals surface area contributed by atoms with E-state index in [0.29, 0.717) is 12.0 Å². The van der Waals surface area contributed by atoms with Crippen LogP contribution in [0.25, 0.3) is 0 Å². The number of aliphatic carboxylic acids is 1. The Morgan fingerprint density at radius 3 is 2.62 bits per heavy atom. The molecule has 0 radical (unpaired) electrons. The number of rotatable bonds is 4. The van der Waals surface area contributed by atoms with Gasteiger partial charge in [0, 0.05) is 0 Å². The standard InChI is InChI=1S/C17H19N3O4/c1-9-7-11-14(16(22)20(11)12(8-9)17(23)24)19-15(21)13(18)10-5-3-2-4-6-10/h2-6,8-9,11,13-14H,7,18H2,1H3,(H,19,21)(H,23,24)/t9-,11-,13+,14+/m0/s1. The minimum Gasteiger partial charge on any atom is -0.477 e. The molecule has 7 nitrogen and oxygen atoms in total. The third-order valence-electron chi connectivity index (χ3n) is 4.49. The molecule has 3 rings (SSSR count). The van der Waals surface area contributed by atoms with Gasteiger partial charge in [0.15, 0.2) is 0 Å². The molecular weight excluding hydrogens is 310 g/mol. The third kappa shape index (κ3) is 2.67. The first-order chi connectivity index (χ1) is 11.4. The van der Waals surface area contributed by atoms with Gasteiger partial charge in [0.2, 0.25) is 5.91 Å². The number of nitrogens with two attached hydrogens (primary N) is 1. The van der Waals surface area contributed by atoms with E-state index in [0.717, 1.165) is 0 Å². The second kappa shape index (κ2) is 6.09. The van der Waals surface area contributed by atoms with Crippen LogP contribution in [-0.4, -0.2) is 39.9 Å². The van der Waals surface area contributed by atoms with Crippen molar-refractivity contribution >= 4 is 17.8 Å². The van der Waals surface area contributed by atoms with Crippen molar-refractivity contribution < 1.29 is 19.5 Å². The van der Waals surface area contributed by atoms with E-state index in [2.05, 4.69) is 5.32 Å². The summed E-state index contributed by atoms with van der Waals surface area (Å²) in [5, 5.41) is 11.9. The smallest absolute Gasteiger partial charge is 0.352 e. The number of allylic oxidation sites excluding steroid dienone is 1. The van der Waals surface area contributed by atoms with Crippen LogP contribution in [0.3, 0.4) is 0 Å². The predicted molar refractivity (Wildman–Crippen MR) is 85.4 cm³/mol. The number of carbonyl (C=O) groups excluding carboxylic acids is 2. The van der Waals surface area contributed by atoms with Gasteiger partial charge in [0.25, 0.3) is 5.91 Å². The molecule has 0 spiro atoms. The number of β-lactam (4-membered cyclic amide) rings is 1. The van der Waals surface area contributed by atoms with Crippen LogP contribution in [0.15, 0.2) is 42.1 Å². The van der Waals surface area contributed by atoms with Crippen molar-refractivity contribution in [3.05, 3.63) is 47.7 Å². The van der Waals surface area contributed by atoms with Crippen molar-refractivity contribution in [2.75, 3.05) is 0 Å². The summed E-state index contributed by atoms with van der Waals surface area (Å²) in [6, 6.07) is 6.94. The maximum absolute atomic E-state index is 12.3. The molecule has 2 amide bonds. The van der Waals surface area contributed by atoms with Crippen LogP contribution < -0.4 is 11.1 Å². The van der Waals surface area contributed by atoms with E-state index >= 15 is 0 Å². The SMILES string of the molecule is C[C@@H]1C=C(C(=O)O)N2C(=O)[C@H](NC(=O)[C@H](N)c3ccccc3)[C@@H]2C1. The Labute approximate surface area is 139 Å². The molecule has 0 aliphatic carbocycles. The summed E-state index contributed by atoms with van der Waals surface area (Å²) >= 11 is 0. The fourth-order valence-corrected chi connectivity index (χ4v) is 3.27. The molecule has 2 aliphatic rings. The van der Waals surface area contributed by atoms with Crippen LogP contribution >= 0.6 is 0 Å². The van der Waals surface area contributed by atoms with E-state index in [4.69, 9.17) is 5.73 Å². The van der Waals surface area contributed by atoms with Crippen LogP contribution in [0.5, 0.6) is 0 Å². The lowest BCUT2D eigenvalue weighted by Crippen LogP contribution is -2.72. The Hall–Kier alpha value is -2.67. The number of fused-ring (bicyclic) bond motifs is 1. The number of carboxylic acid groups (broad SMARTS) is 1. The summed E-state index contributed by atoms with van der Waals surface area (Å²) in [4.78, 5) is 37.1. The van der Waals surface area contributed by atoms with Gasteiger partial charge in [-0.1, -0.05) is 43.3 Å². The van der Waals surface area contributed by atoms with E-state index in [9.17, 15) is 19.5 Å². The van der Waals surface area contributed by atoms with Gasteiger partial charge in [-0.2, -0.15) is 0 Å². The lowest BCUT2D eigenvalue weighted by atomic mass is 9.82. The number of carbonyl (C=O) groups is 3. The highest BCUT2D eigenvalue weighted by Gasteiger charge is 2.53. The van der Waals surface area contributed by atoms with Gasteiger partial charge in [-0.3, -0.25) is 14.5 Å². The van der Waals surface area contributed by atoms with Gasteiger partial charge in [-0.15, -0.1) is 0 Å². The molecule has 2 heterocycles. The highest BCUT2D eigenvalue weighted by molar-refractivity contribution is 6.01. The fourth-order valence-electron chi connectivity index (χ4n) is 3.27. The van der Waals surface area contributed by atoms with Gasteiger partial charge in [0.1, 0.15) is 17.8 Å². The van der Waals surface area contributed by atoms with Crippen LogP contribution in [0.4, 0.5) is 0 Å². The van der Waals surface area contributed by atoms with Crippen molar-refractivity contribution in [3.63, 3.8) is 0 Å². The summed E-state index contributed by atoms with van der Waals surface area (Å²) in [5.74, 6) is -1.97. The second-order valence-electron chi connectivity index (χ2n) is 6.22. The summed E-state index contributed by atoms with van der Waals surface area (Å²) in [6.07, 6.45) is 2.18. The molecule has 1 fully saturated rings. The first kappa shape index (κ1) is 16.2. The number of benzene rings is 1. The van der Waals surface area contributed by atoms with Crippen LogP contribution in [0, 0.1) is 5.92 Å². The van der Waals surface area contributed by atoms with Crippen molar-refractivity contribution in [3.8, 4) is 0 Å². The van der Waals surface area contributed by atoms with Crippen molar-refractivity contribution in [1.82, 2.24) is 10.2 Å². The summed E-state index contributed by atoms with van der Waals surface area (Å²) < 4.78 is 0. The molecule has 4 N–H and O–H groups in total. The molecule has 0 bridgehead atoms. The van der Waals surface area contributed by atoms with E-state index in [-0.39, 0.29) is 17.7 Å².